The van der Waals surface area contributed by atoms with Crippen LogP contribution >= 0.6 is 0 Å². The van der Waals surface area contributed by atoms with E-state index in [4.69, 9.17) is 10.6 Å². The van der Waals surface area contributed by atoms with Crippen LogP contribution in [-0.2, 0) is 0 Å². The highest BCUT2D eigenvalue weighted by atomic mass is 16.5. The Morgan fingerprint density at radius 1 is 1.32 bits per heavy atom. The molecule has 19 heavy (non-hydrogen) atoms. The summed E-state index contributed by atoms with van der Waals surface area (Å²) < 4.78 is 5.71. The van der Waals surface area contributed by atoms with E-state index in [-0.39, 0.29) is 6.04 Å². The summed E-state index contributed by atoms with van der Waals surface area (Å²) in [6.07, 6.45) is 7.60. The van der Waals surface area contributed by atoms with Gasteiger partial charge in [-0.3, -0.25) is 11.3 Å². The monoisotopic (exact) mass is 262 g/mol. The molecule has 1 fully saturated rings. The largest absolute Gasteiger partial charge is 0.494 e. The van der Waals surface area contributed by atoms with Gasteiger partial charge in [0.25, 0.3) is 0 Å². The molecule has 1 aliphatic carbocycles. The lowest BCUT2D eigenvalue weighted by Gasteiger charge is -2.30. The molecule has 1 saturated carbocycles. The second kappa shape index (κ2) is 7.51. The Morgan fingerprint density at radius 2 is 2.11 bits per heavy atom. The van der Waals surface area contributed by atoms with Crippen LogP contribution in [0.15, 0.2) is 24.3 Å². The van der Waals surface area contributed by atoms with Crippen molar-refractivity contribution in [2.45, 2.75) is 51.5 Å². The summed E-state index contributed by atoms with van der Waals surface area (Å²) in [4.78, 5) is 0. The lowest BCUT2D eigenvalue weighted by atomic mass is 9.81. The van der Waals surface area contributed by atoms with Gasteiger partial charge in [0.05, 0.1) is 6.61 Å². The van der Waals surface area contributed by atoms with E-state index in [0.29, 0.717) is 5.92 Å². The summed E-state index contributed by atoms with van der Waals surface area (Å²) in [6, 6.07) is 8.62. The second-order valence-electron chi connectivity index (χ2n) is 5.46. The topological polar surface area (TPSA) is 47.3 Å². The molecule has 3 heteroatoms. The molecule has 0 saturated heterocycles. The van der Waals surface area contributed by atoms with Crippen LogP contribution in [-0.4, -0.2) is 6.61 Å². The van der Waals surface area contributed by atoms with Gasteiger partial charge in [0.1, 0.15) is 5.75 Å². The maximum atomic E-state index is 5.80. The number of nitrogens with one attached hydrogen (secondary N) is 1. The number of hydrogen-bond donors (Lipinski definition) is 2. The fourth-order valence-corrected chi connectivity index (χ4v) is 2.99. The van der Waals surface area contributed by atoms with E-state index in [2.05, 4.69) is 30.5 Å². The van der Waals surface area contributed by atoms with Crippen LogP contribution in [0.25, 0.3) is 0 Å². The molecule has 3 nitrogen and oxygen atoms in total. The third-order valence-electron chi connectivity index (χ3n) is 3.99. The molecule has 0 radical (unpaired) electrons. The van der Waals surface area contributed by atoms with E-state index in [0.717, 1.165) is 18.8 Å². The quantitative estimate of drug-likeness (QED) is 0.608. The molecule has 0 aromatic heterocycles. The van der Waals surface area contributed by atoms with Crippen LogP contribution < -0.4 is 16.0 Å². The zero-order valence-electron chi connectivity index (χ0n) is 11.9. The first kappa shape index (κ1) is 14.4. The SMILES string of the molecule is CCCOc1cccc(C(NN)C2CCCCC2)c1. The maximum absolute atomic E-state index is 5.80. The maximum Gasteiger partial charge on any atom is 0.119 e. The van der Waals surface area contributed by atoms with Gasteiger partial charge in [-0.05, 0) is 42.9 Å². The molecule has 3 N–H and O–H groups in total. The number of hydrogen-bond acceptors (Lipinski definition) is 3. The Balaban J connectivity index is 2.08. The summed E-state index contributed by atoms with van der Waals surface area (Å²) in [7, 11) is 0. The average Bonchev–Trinajstić information content (AvgIpc) is 2.47. The van der Waals surface area contributed by atoms with E-state index in [1.54, 1.807) is 0 Å². The van der Waals surface area contributed by atoms with Crippen LogP contribution in [0, 0.1) is 5.92 Å². The van der Waals surface area contributed by atoms with Gasteiger partial charge in [-0.15, -0.1) is 0 Å². The van der Waals surface area contributed by atoms with E-state index in [9.17, 15) is 0 Å². The molecule has 1 atom stereocenters. The Labute approximate surface area is 116 Å². The zero-order chi connectivity index (χ0) is 13.5. The lowest BCUT2D eigenvalue weighted by Crippen LogP contribution is -2.34. The van der Waals surface area contributed by atoms with Crippen molar-refractivity contribution in [3.63, 3.8) is 0 Å². The highest BCUT2D eigenvalue weighted by molar-refractivity contribution is 5.31. The third-order valence-corrected chi connectivity index (χ3v) is 3.99. The van der Waals surface area contributed by atoms with E-state index in [1.165, 1.54) is 37.7 Å². The normalized spacial score (nSPS) is 18.2. The fraction of sp³-hybridized carbons (Fsp3) is 0.625. The van der Waals surface area contributed by atoms with E-state index >= 15 is 0 Å². The molecule has 1 aromatic rings. The molecule has 0 aliphatic heterocycles. The van der Waals surface area contributed by atoms with Gasteiger partial charge in [-0.2, -0.15) is 0 Å². The number of ether oxygens (including phenoxy) is 1. The molecular formula is C16H26N2O. The van der Waals surface area contributed by atoms with E-state index in [1.807, 2.05) is 6.07 Å². The van der Waals surface area contributed by atoms with Crippen molar-refractivity contribution >= 4 is 0 Å². The first-order valence-electron chi connectivity index (χ1n) is 7.54. The van der Waals surface area contributed by atoms with Crippen LogP contribution in [0.3, 0.4) is 0 Å². The van der Waals surface area contributed by atoms with Gasteiger partial charge >= 0.3 is 0 Å². The summed E-state index contributed by atoms with van der Waals surface area (Å²) in [5, 5.41) is 0. The van der Waals surface area contributed by atoms with Gasteiger partial charge in [0, 0.05) is 6.04 Å². The Morgan fingerprint density at radius 3 is 2.79 bits per heavy atom. The lowest BCUT2D eigenvalue weighted by molar-refractivity contribution is 0.272. The summed E-state index contributed by atoms with van der Waals surface area (Å²) in [5.74, 6) is 7.40. The predicted molar refractivity (Wildman–Crippen MR) is 78.9 cm³/mol. The summed E-state index contributed by atoms with van der Waals surface area (Å²) >= 11 is 0. The number of hydrazine groups is 1. The molecule has 0 bridgehead atoms. The minimum atomic E-state index is 0.255. The van der Waals surface area contributed by atoms with Gasteiger partial charge < -0.3 is 4.74 Å². The molecular weight excluding hydrogens is 236 g/mol. The number of rotatable bonds is 6. The average molecular weight is 262 g/mol. The van der Waals surface area contributed by atoms with Crippen molar-refractivity contribution in [1.82, 2.24) is 5.43 Å². The fourth-order valence-electron chi connectivity index (χ4n) is 2.99. The van der Waals surface area contributed by atoms with Gasteiger partial charge in [-0.25, -0.2) is 0 Å². The molecule has 0 spiro atoms. The van der Waals surface area contributed by atoms with Crippen molar-refractivity contribution in [2.75, 3.05) is 6.61 Å². The number of nitrogens with two attached hydrogens (primary N) is 1. The molecule has 0 heterocycles. The van der Waals surface area contributed by atoms with Crippen molar-refractivity contribution in [3.05, 3.63) is 29.8 Å². The standard InChI is InChI=1S/C16H26N2O/c1-2-11-19-15-10-6-9-14(12-15)16(18-17)13-7-4-3-5-8-13/h6,9-10,12-13,16,18H,2-5,7-8,11,17H2,1H3. The van der Waals surface area contributed by atoms with Crippen molar-refractivity contribution in [3.8, 4) is 5.75 Å². The third kappa shape index (κ3) is 3.95. The van der Waals surface area contributed by atoms with Crippen LogP contribution in [0.5, 0.6) is 5.75 Å². The number of benzene rings is 1. The van der Waals surface area contributed by atoms with Crippen LogP contribution in [0.4, 0.5) is 0 Å². The van der Waals surface area contributed by atoms with Crippen molar-refractivity contribution in [2.24, 2.45) is 11.8 Å². The van der Waals surface area contributed by atoms with Crippen LogP contribution in [0.1, 0.15) is 57.1 Å². The molecule has 1 aromatic carbocycles. The Kier molecular flexibility index (Phi) is 5.67. The molecule has 2 rings (SSSR count). The van der Waals surface area contributed by atoms with E-state index < -0.39 is 0 Å². The van der Waals surface area contributed by atoms with Crippen LogP contribution in [0.2, 0.25) is 0 Å². The molecule has 1 unspecified atom stereocenters. The summed E-state index contributed by atoms with van der Waals surface area (Å²) in [6.45, 7) is 2.89. The Hall–Kier alpha value is -1.06. The van der Waals surface area contributed by atoms with Crippen molar-refractivity contribution < 1.29 is 4.74 Å². The van der Waals surface area contributed by atoms with Gasteiger partial charge in [0.2, 0.25) is 0 Å². The second-order valence-corrected chi connectivity index (χ2v) is 5.46. The van der Waals surface area contributed by atoms with Crippen molar-refractivity contribution in [1.29, 1.82) is 0 Å². The zero-order valence-corrected chi connectivity index (χ0v) is 11.9. The molecule has 1 aliphatic rings. The Bertz CT molecular complexity index is 375. The first-order valence-corrected chi connectivity index (χ1v) is 7.54. The summed E-state index contributed by atoms with van der Waals surface area (Å²) in [5.41, 5.74) is 4.27. The van der Waals surface area contributed by atoms with Gasteiger partial charge in [-0.1, -0.05) is 38.3 Å². The minimum absolute atomic E-state index is 0.255. The smallest absolute Gasteiger partial charge is 0.119 e. The first-order chi connectivity index (χ1) is 9.35. The van der Waals surface area contributed by atoms with Gasteiger partial charge in [0.15, 0.2) is 0 Å². The highest BCUT2D eigenvalue weighted by Gasteiger charge is 2.24. The molecule has 106 valence electrons. The highest BCUT2D eigenvalue weighted by Crippen LogP contribution is 2.34. The minimum Gasteiger partial charge on any atom is -0.494 e. The predicted octanol–water partition coefficient (Wildman–Crippen LogP) is 3.56. The molecule has 0 amide bonds.